The minimum Gasteiger partial charge on any atom is -0.472 e. The summed E-state index contributed by atoms with van der Waals surface area (Å²) in [5, 5.41) is 0. The first kappa shape index (κ1) is 20.3. The molecule has 2 aliphatic rings. The molecule has 0 spiro atoms. The molecule has 1 unspecified atom stereocenters. The SMILES string of the molecule is O=C(c1ccc(S(=O)(=O)N2CCCC2)cc1)N1CCC(Oc2ncccc2Br)C1. The lowest BCUT2D eigenvalue weighted by Gasteiger charge is -2.18. The molecule has 1 amide bonds. The first-order valence-electron chi connectivity index (χ1n) is 9.62. The number of rotatable bonds is 5. The molecule has 2 saturated heterocycles. The van der Waals surface area contributed by atoms with Crippen LogP contribution in [0.2, 0.25) is 0 Å². The molecule has 2 aromatic rings. The first-order valence-corrected chi connectivity index (χ1v) is 11.8. The smallest absolute Gasteiger partial charge is 0.253 e. The number of halogens is 1. The molecule has 1 aromatic carbocycles. The van der Waals surface area contributed by atoms with Gasteiger partial charge in [0.1, 0.15) is 6.10 Å². The van der Waals surface area contributed by atoms with Crippen LogP contribution in [-0.4, -0.2) is 60.8 Å². The van der Waals surface area contributed by atoms with E-state index in [9.17, 15) is 13.2 Å². The van der Waals surface area contributed by atoms with Crippen LogP contribution in [0.1, 0.15) is 29.6 Å². The topological polar surface area (TPSA) is 79.8 Å². The molecule has 0 aliphatic carbocycles. The molecule has 7 nitrogen and oxygen atoms in total. The van der Waals surface area contributed by atoms with Crippen LogP contribution in [0.25, 0.3) is 0 Å². The van der Waals surface area contributed by atoms with Crippen molar-refractivity contribution >= 4 is 31.9 Å². The molecule has 1 aromatic heterocycles. The van der Waals surface area contributed by atoms with Gasteiger partial charge in [0.25, 0.3) is 5.91 Å². The zero-order valence-electron chi connectivity index (χ0n) is 15.8. The molecule has 9 heteroatoms. The number of amides is 1. The van der Waals surface area contributed by atoms with Gasteiger partial charge in [-0.05, 0) is 65.2 Å². The molecular weight excluding hydrogens is 458 g/mol. The summed E-state index contributed by atoms with van der Waals surface area (Å²) < 4.78 is 33.4. The van der Waals surface area contributed by atoms with Crippen molar-refractivity contribution in [2.24, 2.45) is 0 Å². The molecule has 3 heterocycles. The maximum Gasteiger partial charge on any atom is 0.253 e. The second-order valence-electron chi connectivity index (χ2n) is 7.21. The van der Waals surface area contributed by atoms with Crippen molar-refractivity contribution in [2.45, 2.75) is 30.3 Å². The van der Waals surface area contributed by atoms with Gasteiger partial charge in [-0.3, -0.25) is 4.79 Å². The Labute approximate surface area is 178 Å². The van der Waals surface area contributed by atoms with E-state index in [2.05, 4.69) is 20.9 Å². The van der Waals surface area contributed by atoms with E-state index in [4.69, 9.17) is 4.74 Å². The number of pyridine rings is 1. The first-order chi connectivity index (χ1) is 13.9. The molecule has 1 atom stereocenters. The normalized spacial score (nSPS) is 20.2. The fourth-order valence-corrected chi connectivity index (χ4v) is 5.52. The third-order valence-corrected chi connectivity index (χ3v) is 7.76. The van der Waals surface area contributed by atoms with E-state index in [1.807, 2.05) is 12.1 Å². The van der Waals surface area contributed by atoms with Gasteiger partial charge in [-0.1, -0.05) is 0 Å². The Kier molecular flexibility index (Phi) is 5.89. The number of sulfonamides is 1. The zero-order valence-corrected chi connectivity index (χ0v) is 18.2. The number of hydrogen-bond acceptors (Lipinski definition) is 5. The summed E-state index contributed by atoms with van der Waals surface area (Å²) in [7, 11) is -3.47. The van der Waals surface area contributed by atoms with E-state index in [0.717, 1.165) is 23.7 Å². The van der Waals surface area contributed by atoms with Crippen LogP contribution < -0.4 is 4.74 Å². The number of nitrogens with zero attached hydrogens (tertiary/aromatic N) is 3. The Morgan fingerprint density at radius 1 is 1.10 bits per heavy atom. The fourth-order valence-electron chi connectivity index (χ4n) is 3.65. The van der Waals surface area contributed by atoms with Crippen molar-refractivity contribution < 1.29 is 17.9 Å². The Morgan fingerprint density at radius 2 is 1.83 bits per heavy atom. The van der Waals surface area contributed by atoms with E-state index in [-0.39, 0.29) is 16.9 Å². The quantitative estimate of drug-likeness (QED) is 0.658. The molecule has 2 fully saturated rings. The lowest BCUT2D eigenvalue weighted by atomic mass is 10.2. The van der Waals surface area contributed by atoms with Crippen LogP contribution in [-0.2, 0) is 10.0 Å². The standard InChI is InChI=1S/C20H22BrN3O4S/c21-18-4-3-10-22-19(18)28-16-9-13-23(14-16)20(25)15-5-7-17(8-6-15)29(26,27)24-11-1-2-12-24/h3-8,10,16H,1-2,9,11-14H2. The van der Waals surface area contributed by atoms with Crippen molar-refractivity contribution in [3.63, 3.8) is 0 Å². The molecule has 0 saturated carbocycles. The molecule has 2 aliphatic heterocycles. The van der Waals surface area contributed by atoms with Gasteiger partial charge in [-0.25, -0.2) is 13.4 Å². The number of benzene rings is 1. The summed E-state index contributed by atoms with van der Waals surface area (Å²) in [5.41, 5.74) is 0.477. The van der Waals surface area contributed by atoms with E-state index in [1.165, 1.54) is 16.4 Å². The number of ether oxygens (including phenoxy) is 1. The lowest BCUT2D eigenvalue weighted by molar-refractivity contribution is 0.0771. The molecule has 0 radical (unpaired) electrons. The molecule has 0 bridgehead atoms. The number of carbonyl (C=O) groups excluding carboxylic acids is 1. The van der Waals surface area contributed by atoms with Crippen molar-refractivity contribution in [1.29, 1.82) is 0 Å². The average molecular weight is 480 g/mol. The summed E-state index contributed by atoms with van der Waals surface area (Å²) in [4.78, 5) is 19.0. The molecule has 0 N–H and O–H groups in total. The third-order valence-electron chi connectivity index (χ3n) is 5.24. The van der Waals surface area contributed by atoms with Gasteiger partial charge in [0.05, 0.1) is 15.9 Å². The Hall–Kier alpha value is -1.97. The minimum absolute atomic E-state index is 0.124. The van der Waals surface area contributed by atoms with Crippen LogP contribution in [0.3, 0.4) is 0 Å². The largest absolute Gasteiger partial charge is 0.472 e. The van der Waals surface area contributed by atoms with Crippen molar-refractivity contribution in [1.82, 2.24) is 14.2 Å². The van der Waals surface area contributed by atoms with Gasteiger partial charge in [0, 0.05) is 37.8 Å². The molecule has 154 valence electrons. The van der Waals surface area contributed by atoms with Crippen LogP contribution in [0.15, 0.2) is 52.0 Å². The van der Waals surface area contributed by atoms with E-state index < -0.39 is 10.0 Å². The highest BCUT2D eigenvalue weighted by molar-refractivity contribution is 9.10. The fraction of sp³-hybridized carbons (Fsp3) is 0.400. The van der Waals surface area contributed by atoms with Gasteiger partial charge in [0.15, 0.2) is 0 Å². The monoisotopic (exact) mass is 479 g/mol. The Morgan fingerprint density at radius 3 is 2.52 bits per heavy atom. The van der Waals surface area contributed by atoms with Crippen molar-refractivity contribution in [3.05, 3.63) is 52.6 Å². The minimum atomic E-state index is -3.47. The summed E-state index contributed by atoms with van der Waals surface area (Å²) in [5.74, 6) is 0.393. The van der Waals surface area contributed by atoms with Crippen LogP contribution in [0.4, 0.5) is 0 Å². The Balaban J connectivity index is 1.40. The Bertz CT molecular complexity index is 991. The lowest BCUT2D eigenvalue weighted by Crippen LogP contribution is -2.31. The average Bonchev–Trinajstić information content (AvgIpc) is 3.42. The predicted molar refractivity (Wildman–Crippen MR) is 111 cm³/mol. The van der Waals surface area contributed by atoms with Gasteiger partial charge in [-0.2, -0.15) is 4.31 Å². The summed E-state index contributed by atoms with van der Waals surface area (Å²) in [6.45, 7) is 2.17. The maximum absolute atomic E-state index is 12.8. The highest BCUT2D eigenvalue weighted by Crippen LogP contribution is 2.26. The summed E-state index contributed by atoms with van der Waals surface area (Å²) in [6.07, 6.45) is 4.04. The van der Waals surface area contributed by atoms with Gasteiger partial charge in [0.2, 0.25) is 15.9 Å². The van der Waals surface area contributed by atoms with E-state index in [0.29, 0.717) is 37.6 Å². The van der Waals surface area contributed by atoms with Crippen molar-refractivity contribution in [3.8, 4) is 5.88 Å². The summed E-state index contributed by atoms with van der Waals surface area (Å²) in [6, 6.07) is 9.91. The predicted octanol–water partition coefficient (Wildman–Crippen LogP) is 2.92. The van der Waals surface area contributed by atoms with Crippen LogP contribution >= 0.6 is 15.9 Å². The number of carbonyl (C=O) groups is 1. The number of likely N-dealkylation sites (tertiary alicyclic amines) is 1. The van der Waals surface area contributed by atoms with Crippen LogP contribution in [0, 0.1) is 0 Å². The third kappa shape index (κ3) is 4.31. The second kappa shape index (κ2) is 8.41. The molecule has 29 heavy (non-hydrogen) atoms. The number of aromatic nitrogens is 1. The van der Waals surface area contributed by atoms with Gasteiger partial charge >= 0.3 is 0 Å². The molecule has 4 rings (SSSR count). The van der Waals surface area contributed by atoms with Gasteiger partial charge in [-0.15, -0.1) is 0 Å². The maximum atomic E-state index is 12.8. The zero-order chi connectivity index (χ0) is 20.4. The molecular formula is C20H22BrN3O4S. The second-order valence-corrected chi connectivity index (χ2v) is 10.00. The van der Waals surface area contributed by atoms with E-state index in [1.54, 1.807) is 23.2 Å². The summed E-state index contributed by atoms with van der Waals surface area (Å²) >= 11 is 3.41. The van der Waals surface area contributed by atoms with Crippen LogP contribution in [0.5, 0.6) is 5.88 Å². The highest BCUT2D eigenvalue weighted by atomic mass is 79.9. The highest BCUT2D eigenvalue weighted by Gasteiger charge is 2.30. The van der Waals surface area contributed by atoms with Crippen molar-refractivity contribution in [2.75, 3.05) is 26.2 Å². The van der Waals surface area contributed by atoms with Gasteiger partial charge < -0.3 is 9.64 Å². The van der Waals surface area contributed by atoms with E-state index >= 15 is 0 Å². The number of hydrogen-bond donors (Lipinski definition) is 0.